The summed E-state index contributed by atoms with van der Waals surface area (Å²) >= 11 is 5.54. The molecule has 1 N–H and O–H groups in total. The van der Waals surface area contributed by atoms with Gasteiger partial charge in [-0.05, 0) is 18.6 Å². The second-order valence-corrected chi connectivity index (χ2v) is 4.03. The lowest BCUT2D eigenvalue weighted by molar-refractivity contribution is 0.482. The van der Waals surface area contributed by atoms with E-state index in [2.05, 4.69) is 4.98 Å². The van der Waals surface area contributed by atoms with Gasteiger partial charge in [0.2, 0.25) is 0 Å². The number of hydrogen-bond acceptors (Lipinski definition) is 3. The summed E-state index contributed by atoms with van der Waals surface area (Å²) in [5.74, 6) is 0. The first-order valence-electron chi connectivity index (χ1n) is 3.01. The molecule has 0 aromatic carbocycles. The van der Waals surface area contributed by atoms with E-state index in [0.717, 1.165) is 6.20 Å². The highest BCUT2D eigenvalue weighted by Gasteiger charge is 2.10. The van der Waals surface area contributed by atoms with Crippen molar-refractivity contribution in [2.24, 2.45) is 0 Å². The second-order valence-electron chi connectivity index (χ2n) is 2.25. The zero-order valence-corrected chi connectivity index (χ0v) is 7.72. The highest BCUT2D eigenvalue weighted by atomic mass is 35.5. The maximum absolute atomic E-state index is 10.6. The number of nitrogens with zero attached hydrogens (tertiary/aromatic N) is 1. The van der Waals surface area contributed by atoms with Gasteiger partial charge >= 0.3 is 0 Å². The summed E-state index contributed by atoms with van der Waals surface area (Å²) in [4.78, 5) is 3.33. The van der Waals surface area contributed by atoms with E-state index in [1.807, 2.05) is 0 Å². The monoisotopic (exact) mass is 207 g/mol. The molecule has 0 unspecified atom stereocenters. The van der Waals surface area contributed by atoms with Crippen molar-refractivity contribution in [2.75, 3.05) is 0 Å². The number of hydrogen-bond donors (Lipinski definition) is 1. The van der Waals surface area contributed by atoms with Crippen LogP contribution in [0.1, 0.15) is 5.56 Å². The summed E-state index contributed by atoms with van der Waals surface area (Å²) < 4.78 is 29.7. The SMILES string of the molecule is Cc1cc(S(=O)(=O)O)cnc1Cl. The topological polar surface area (TPSA) is 67.3 Å². The minimum absolute atomic E-state index is 0.224. The Labute approximate surface area is 74.9 Å². The third-order valence-electron chi connectivity index (χ3n) is 1.29. The molecule has 0 saturated carbocycles. The van der Waals surface area contributed by atoms with Crippen LogP contribution in [0.4, 0.5) is 0 Å². The molecule has 0 saturated heterocycles. The van der Waals surface area contributed by atoms with Gasteiger partial charge < -0.3 is 0 Å². The van der Waals surface area contributed by atoms with Gasteiger partial charge in [-0.2, -0.15) is 8.42 Å². The highest BCUT2D eigenvalue weighted by Crippen LogP contribution is 2.15. The van der Waals surface area contributed by atoms with Gasteiger partial charge in [-0.25, -0.2) is 4.98 Å². The van der Waals surface area contributed by atoms with E-state index in [4.69, 9.17) is 16.2 Å². The molecular weight excluding hydrogens is 202 g/mol. The van der Waals surface area contributed by atoms with Crippen molar-refractivity contribution in [3.8, 4) is 0 Å². The molecule has 0 aliphatic rings. The van der Waals surface area contributed by atoms with Crippen LogP contribution >= 0.6 is 11.6 Å². The van der Waals surface area contributed by atoms with Crippen LogP contribution < -0.4 is 0 Å². The van der Waals surface area contributed by atoms with Crippen molar-refractivity contribution in [3.05, 3.63) is 23.0 Å². The lowest BCUT2D eigenvalue weighted by Crippen LogP contribution is -1.99. The van der Waals surface area contributed by atoms with Crippen LogP contribution in [0.3, 0.4) is 0 Å². The van der Waals surface area contributed by atoms with E-state index in [-0.39, 0.29) is 10.0 Å². The molecular formula is C6H6ClNO3S. The van der Waals surface area contributed by atoms with E-state index in [9.17, 15) is 8.42 Å². The number of aryl methyl sites for hydroxylation is 1. The average molecular weight is 208 g/mol. The Morgan fingerprint density at radius 2 is 2.17 bits per heavy atom. The Morgan fingerprint density at radius 3 is 2.58 bits per heavy atom. The van der Waals surface area contributed by atoms with E-state index in [0.29, 0.717) is 5.56 Å². The summed E-state index contributed by atoms with van der Waals surface area (Å²) in [5.41, 5.74) is 0.506. The predicted octanol–water partition coefficient (Wildman–Crippen LogP) is 1.29. The Bertz CT molecular complexity index is 401. The molecule has 0 bridgehead atoms. The van der Waals surface area contributed by atoms with Crippen LogP contribution in [0.2, 0.25) is 5.15 Å². The average Bonchev–Trinajstić information content (AvgIpc) is 1.92. The molecule has 1 aromatic rings. The van der Waals surface area contributed by atoms with Gasteiger partial charge in [0, 0.05) is 6.20 Å². The molecule has 6 heteroatoms. The van der Waals surface area contributed by atoms with E-state index in [1.54, 1.807) is 6.92 Å². The maximum Gasteiger partial charge on any atom is 0.296 e. The molecule has 12 heavy (non-hydrogen) atoms. The van der Waals surface area contributed by atoms with Crippen LogP contribution in [0.15, 0.2) is 17.2 Å². The Kier molecular flexibility index (Phi) is 2.36. The van der Waals surface area contributed by atoms with Gasteiger partial charge in [-0.3, -0.25) is 4.55 Å². The molecule has 1 rings (SSSR count). The maximum atomic E-state index is 10.6. The van der Waals surface area contributed by atoms with Gasteiger partial charge in [0.15, 0.2) is 0 Å². The van der Waals surface area contributed by atoms with Crippen molar-refractivity contribution in [2.45, 2.75) is 11.8 Å². The predicted molar refractivity (Wildman–Crippen MR) is 43.8 cm³/mol. The van der Waals surface area contributed by atoms with Gasteiger partial charge in [-0.1, -0.05) is 11.6 Å². The summed E-state index contributed by atoms with van der Waals surface area (Å²) in [5, 5.41) is 0.224. The molecule has 0 spiro atoms. The van der Waals surface area contributed by atoms with Crippen LogP contribution in [-0.2, 0) is 10.1 Å². The third-order valence-corrected chi connectivity index (χ3v) is 2.50. The van der Waals surface area contributed by atoms with Gasteiger partial charge in [-0.15, -0.1) is 0 Å². The van der Waals surface area contributed by atoms with Crippen molar-refractivity contribution < 1.29 is 13.0 Å². The summed E-state index contributed by atoms with van der Waals surface area (Å²) in [7, 11) is -4.16. The summed E-state index contributed by atoms with van der Waals surface area (Å²) in [6.45, 7) is 1.60. The fourth-order valence-corrected chi connectivity index (χ4v) is 1.29. The van der Waals surface area contributed by atoms with E-state index < -0.39 is 10.1 Å². The summed E-state index contributed by atoms with van der Waals surface area (Å²) in [6.07, 6.45) is 1.00. The standard InChI is InChI=1S/C6H6ClNO3S/c1-4-2-5(12(9,10)11)3-8-6(4)7/h2-3H,1H3,(H,9,10,11). The first kappa shape index (κ1) is 9.44. The minimum Gasteiger partial charge on any atom is -0.282 e. The Balaban J connectivity index is 3.33. The third kappa shape index (κ3) is 1.94. The molecule has 0 aliphatic heterocycles. The normalized spacial score (nSPS) is 11.6. The quantitative estimate of drug-likeness (QED) is 0.557. The van der Waals surface area contributed by atoms with Crippen LogP contribution in [0, 0.1) is 6.92 Å². The largest absolute Gasteiger partial charge is 0.296 e. The van der Waals surface area contributed by atoms with Crippen LogP contribution in [0.5, 0.6) is 0 Å². The molecule has 1 aromatic heterocycles. The Hall–Kier alpha value is -0.650. The number of pyridine rings is 1. The number of halogens is 1. The number of rotatable bonds is 1. The zero-order chi connectivity index (χ0) is 9.35. The first-order chi connectivity index (χ1) is 5.41. The first-order valence-corrected chi connectivity index (χ1v) is 4.82. The van der Waals surface area contributed by atoms with Crippen molar-refractivity contribution in [3.63, 3.8) is 0 Å². The minimum atomic E-state index is -4.16. The van der Waals surface area contributed by atoms with Gasteiger partial charge in [0.05, 0.1) is 0 Å². The molecule has 0 radical (unpaired) electrons. The molecule has 0 fully saturated rings. The van der Waals surface area contributed by atoms with Crippen LogP contribution in [0.25, 0.3) is 0 Å². The highest BCUT2D eigenvalue weighted by molar-refractivity contribution is 7.85. The summed E-state index contributed by atoms with van der Waals surface area (Å²) in [6, 6.07) is 1.25. The molecule has 0 atom stereocenters. The second kappa shape index (κ2) is 3.01. The Morgan fingerprint density at radius 1 is 1.58 bits per heavy atom. The van der Waals surface area contributed by atoms with Crippen molar-refractivity contribution in [1.29, 1.82) is 0 Å². The fourth-order valence-electron chi connectivity index (χ4n) is 0.673. The molecule has 0 amide bonds. The van der Waals surface area contributed by atoms with E-state index >= 15 is 0 Å². The smallest absolute Gasteiger partial charge is 0.282 e. The van der Waals surface area contributed by atoms with E-state index in [1.165, 1.54) is 6.07 Å². The van der Waals surface area contributed by atoms with Crippen molar-refractivity contribution >= 4 is 21.7 Å². The lowest BCUT2D eigenvalue weighted by Gasteiger charge is -1.98. The zero-order valence-electron chi connectivity index (χ0n) is 6.15. The lowest BCUT2D eigenvalue weighted by atomic mass is 10.3. The van der Waals surface area contributed by atoms with Crippen molar-refractivity contribution in [1.82, 2.24) is 4.98 Å². The molecule has 4 nitrogen and oxygen atoms in total. The molecule has 0 aliphatic carbocycles. The molecule has 1 heterocycles. The fraction of sp³-hybridized carbons (Fsp3) is 0.167. The van der Waals surface area contributed by atoms with Crippen LogP contribution in [-0.4, -0.2) is 18.0 Å². The number of aromatic nitrogens is 1. The molecule has 66 valence electrons. The van der Waals surface area contributed by atoms with Gasteiger partial charge in [0.25, 0.3) is 10.1 Å². The van der Waals surface area contributed by atoms with Gasteiger partial charge in [0.1, 0.15) is 10.0 Å².